The van der Waals surface area contributed by atoms with E-state index >= 15 is 0 Å². The van der Waals surface area contributed by atoms with Gasteiger partial charge in [0, 0.05) is 0 Å². The third kappa shape index (κ3) is 3.18. The van der Waals surface area contributed by atoms with E-state index in [0.717, 1.165) is 6.07 Å². The molecule has 1 aliphatic rings. The Bertz CT molecular complexity index is 793. The first-order valence-electron chi connectivity index (χ1n) is 7.50. The number of methoxy groups -OCH3 is 1. The molecule has 25 heavy (non-hydrogen) atoms. The van der Waals surface area contributed by atoms with Gasteiger partial charge in [-0.25, -0.2) is 9.18 Å². The number of alkyl halides is 3. The molecule has 2 aromatic carbocycles. The summed E-state index contributed by atoms with van der Waals surface area (Å²) >= 11 is 0. The number of carbonyl (C=O) groups is 1. The lowest BCUT2D eigenvalue weighted by atomic mass is 9.95. The zero-order valence-corrected chi connectivity index (χ0v) is 13.2. The Kier molecular flexibility index (Phi) is 4.18. The van der Waals surface area contributed by atoms with Crippen LogP contribution in [0.15, 0.2) is 42.5 Å². The van der Waals surface area contributed by atoms with Gasteiger partial charge in [-0.1, -0.05) is 6.07 Å². The van der Waals surface area contributed by atoms with Crippen molar-refractivity contribution in [3.05, 3.63) is 59.4 Å². The summed E-state index contributed by atoms with van der Waals surface area (Å²) in [4.78, 5) is 11.3. The van der Waals surface area contributed by atoms with Crippen LogP contribution in [0.3, 0.4) is 0 Å². The van der Waals surface area contributed by atoms with Crippen LogP contribution in [0.4, 0.5) is 17.6 Å². The van der Waals surface area contributed by atoms with Crippen LogP contribution in [0.5, 0.6) is 11.5 Å². The van der Waals surface area contributed by atoms with E-state index in [-0.39, 0.29) is 29.9 Å². The first-order valence-corrected chi connectivity index (χ1v) is 7.50. The number of hydrogen-bond donors (Lipinski definition) is 0. The quantitative estimate of drug-likeness (QED) is 0.573. The summed E-state index contributed by atoms with van der Waals surface area (Å²) in [6.45, 7) is 0. The maximum Gasteiger partial charge on any atom is 0.398 e. The topological polar surface area (TPSA) is 35.5 Å². The Morgan fingerprint density at radius 2 is 1.72 bits per heavy atom. The van der Waals surface area contributed by atoms with Crippen LogP contribution in [-0.2, 0) is 10.2 Å². The van der Waals surface area contributed by atoms with E-state index in [0.29, 0.717) is 5.56 Å². The lowest BCUT2D eigenvalue weighted by Gasteiger charge is -2.20. The molecule has 0 radical (unpaired) electrons. The Labute approximate surface area is 141 Å². The number of rotatable bonds is 4. The van der Waals surface area contributed by atoms with Gasteiger partial charge in [0.1, 0.15) is 5.75 Å². The number of benzene rings is 2. The third-order valence-electron chi connectivity index (χ3n) is 4.28. The van der Waals surface area contributed by atoms with Crippen LogP contribution in [0, 0.1) is 5.82 Å². The molecular formula is C18H14F4O3. The molecule has 0 heterocycles. The molecule has 132 valence electrons. The van der Waals surface area contributed by atoms with E-state index < -0.39 is 23.4 Å². The fourth-order valence-electron chi connectivity index (χ4n) is 2.65. The standard InChI is InChI=1S/C18H14F4O3/c1-24-16(23)11-2-5-13(6-3-11)25-15-7-4-12(10-14(15)19)17(8-9-17)18(20,21)22/h2-7,10H,8-9H2,1H3. The van der Waals surface area contributed by atoms with Crippen molar-refractivity contribution >= 4 is 5.97 Å². The molecule has 1 saturated carbocycles. The van der Waals surface area contributed by atoms with Crippen molar-refractivity contribution in [3.8, 4) is 11.5 Å². The van der Waals surface area contributed by atoms with Crippen LogP contribution >= 0.6 is 0 Å². The summed E-state index contributed by atoms with van der Waals surface area (Å²) in [5.41, 5.74) is -1.73. The molecule has 0 aliphatic heterocycles. The molecule has 0 N–H and O–H groups in total. The normalized spacial score (nSPS) is 15.6. The van der Waals surface area contributed by atoms with Gasteiger partial charge in [-0.15, -0.1) is 0 Å². The van der Waals surface area contributed by atoms with Gasteiger partial charge in [0.25, 0.3) is 0 Å². The minimum atomic E-state index is -4.40. The fraction of sp³-hybridized carbons (Fsp3) is 0.278. The molecule has 2 aromatic rings. The summed E-state index contributed by atoms with van der Waals surface area (Å²) in [6, 6.07) is 9.06. The molecule has 0 amide bonds. The first kappa shape index (κ1) is 17.3. The van der Waals surface area contributed by atoms with Crippen molar-refractivity contribution in [3.63, 3.8) is 0 Å². The first-order chi connectivity index (χ1) is 11.8. The summed E-state index contributed by atoms with van der Waals surface area (Å²) in [6.07, 6.45) is -4.47. The fourth-order valence-corrected chi connectivity index (χ4v) is 2.65. The highest BCUT2D eigenvalue weighted by Crippen LogP contribution is 2.59. The molecule has 0 unspecified atom stereocenters. The zero-order chi connectivity index (χ0) is 18.2. The molecule has 7 heteroatoms. The van der Waals surface area contributed by atoms with Crippen LogP contribution < -0.4 is 4.74 Å². The predicted octanol–water partition coefficient (Wildman–Crippen LogP) is 5.00. The molecule has 1 fully saturated rings. The van der Waals surface area contributed by atoms with Crippen molar-refractivity contribution in [1.29, 1.82) is 0 Å². The molecular weight excluding hydrogens is 340 g/mol. The molecule has 0 aromatic heterocycles. The van der Waals surface area contributed by atoms with Gasteiger partial charge in [-0.3, -0.25) is 0 Å². The van der Waals surface area contributed by atoms with Gasteiger partial charge < -0.3 is 9.47 Å². The van der Waals surface area contributed by atoms with Gasteiger partial charge in [-0.05, 0) is 54.8 Å². The summed E-state index contributed by atoms with van der Waals surface area (Å²) < 4.78 is 63.4. The molecule has 0 atom stereocenters. The van der Waals surface area contributed by atoms with Gasteiger partial charge in [0.05, 0.1) is 18.1 Å². The highest BCUT2D eigenvalue weighted by Gasteiger charge is 2.64. The monoisotopic (exact) mass is 354 g/mol. The van der Waals surface area contributed by atoms with E-state index in [1.165, 1.54) is 43.5 Å². The Hall–Kier alpha value is -2.57. The van der Waals surface area contributed by atoms with E-state index in [1.54, 1.807) is 0 Å². The second kappa shape index (κ2) is 6.06. The van der Waals surface area contributed by atoms with Gasteiger partial charge in [-0.2, -0.15) is 13.2 Å². The van der Waals surface area contributed by atoms with Crippen molar-refractivity contribution in [2.45, 2.75) is 24.4 Å². The minimum Gasteiger partial charge on any atom is -0.465 e. The predicted molar refractivity (Wildman–Crippen MR) is 81.2 cm³/mol. The van der Waals surface area contributed by atoms with Crippen molar-refractivity contribution in [2.24, 2.45) is 0 Å². The van der Waals surface area contributed by atoms with Crippen LogP contribution in [0.2, 0.25) is 0 Å². The lowest BCUT2D eigenvalue weighted by molar-refractivity contribution is -0.160. The molecule has 0 bridgehead atoms. The second-order valence-electron chi connectivity index (χ2n) is 5.84. The van der Waals surface area contributed by atoms with Crippen molar-refractivity contribution < 1.29 is 31.8 Å². The molecule has 3 nitrogen and oxygen atoms in total. The number of halogens is 4. The number of hydrogen-bond acceptors (Lipinski definition) is 3. The van der Waals surface area contributed by atoms with Gasteiger partial charge in [0.2, 0.25) is 0 Å². The average molecular weight is 354 g/mol. The Morgan fingerprint density at radius 1 is 1.08 bits per heavy atom. The second-order valence-corrected chi connectivity index (χ2v) is 5.84. The molecule has 1 aliphatic carbocycles. The van der Waals surface area contributed by atoms with Gasteiger partial charge >= 0.3 is 12.1 Å². The molecule has 0 spiro atoms. The van der Waals surface area contributed by atoms with Crippen molar-refractivity contribution in [2.75, 3.05) is 7.11 Å². The lowest BCUT2D eigenvalue weighted by Crippen LogP contribution is -2.28. The van der Waals surface area contributed by atoms with Crippen LogP contribution in [0.25, 0.3) is 0 Å². The highest BCUT2D eigenvalue weighted by molar-refractivity contribution is 5.89. The van der Waals surface area contributed by atoms with E-state index in [4.69, 9.17) is 4.74 Å². The van der Waals surface area contributed by atoms with Crippen LogP contribution in [-0.4, -0.2) is 19.3 Å². The van der Waals surface area contributed by atoms with E-state index in [2.05, 4.69) is 4.74 Å². The smallest absolute Gasteiger partial charge is 0.398 e. The summed E-state index contributed by atoms with van der Waals surface area (Å²) in [5, 5.41) is 0. The molecule has 3 rings (SSSR count). The Morgan fingerprint density at radius 3 is 2.20 bits per heavy atom. The largest absolute Gasteiger partial charge is 0.465 e. The SMILES string of the molecule is COC(=O)c1ccc(Oc2ccc(C3(C(F)(F)F)CC3)cc2F)cc1. The maximum atomic E-state index is 14.2. The number of esters is 1. The number of carbonyl (C=O) groups excluding carboxylic acids is 1. The van der Waals surface area contributed by atoms with Crippen LogP contribution in [0.1, 0.15) is 28.8 Å². The van der Waals surface area contributed by atoms with Gasteiger partial charge in [0.15, 0.2) is 11.6 Å². The average Bonchev–Trinajstić information content (AvgIpc) is 3.38. The summed E-state index contributed by atoms with van der Waals surface area (Å²) in [7, 11) is 1.25. The van der Waals surface area contributed by atoms with E-state index in [1.807, 2.05) is 0 Å². The summed E-state index contributed by atoms with van der Waals surface area (Å²) in [5.74, 6) is -1.34. The van der Waals surface area contributed by atoms with E-state index in [9.17, 15) is 22.4 Å². The third-order valence-corrected chi connectivity index (χ3v) is 4.28. The Balaban J connectivity index is 1.79. The minimum absolute atomic E-state index is 0.0366. The maximum absolute atomic E-state index is 14.2. The van der Waals surface area contributed by atoms with Crippen molar-refractivity contribution in [1.82, 2.24) is 0 Å². The number of ether oxygens (including phenoxy) is 2. The highest BCUT2D eigenvalue weighted by atomic mass is 19.4. The zero-order valence-electron chi connectivity index (χ0n) is 13.2. The molecule has 0 saturated heterocycles.